The van der Waals surface area contributed by atoms with Crippen molar-refractivity contribution in [2.75, 3.05) is 20.7 Å². The second-order valence-electron chi connectivity index (χ2n) is 4.82. The first-order valence-electron chi connectivity index (χ1n) is 7.30. The van der Waals surface area contributed by atoms with Gasteiger partial charge in [0.15, 0.2) is 5.69 Å². The monoisotopic (exact) mass is 318 g/mol. The third-order valence-corrected chi connectivity index (χ3v) is 2.81. The zero-order valence-corrected chi connectivity index (χ0v) is 13.7. The summed E-state index contributed by atoms with van der Waals surface area (Å²) in [5, 5.41) is 19.2. The van der Waals surface area contributed by atoms with Crippen molar-refractivity contribution < 1.29 is 9.53 Å². The van der Waals surface area contributed by atoms with E-state index in [0.717, 1.165) is 5.70 Å². The van der Waals surface area contributed by atoms with Crippen LogP contribution in [0.25, 0.3) is 0 Å². The molecule has 23 heavy (non-hydrogen) atoms. The van der Waals surface area contributed by atoms with Crippen LogP contribution in [0.2, 0.25) is 0 Å². The van der Waals surface area contributed by atoms with Crippen molar-refractivity contribution in [3.8, 4) is 6.07 Å². The lowest BCUT2D eigenvalue weighted by atomic mass is 10.3. The first-order chi connectivity index (χ1) is 11.1. The van der Waals surface area contributed by atoms with Crippen molar-refractivity contribution in [3.63, 3.8) is 0 Å². The Morgan fingerprint density at radius 2 is 2.35 bits per heavy atom. The molecule has 0 bridgehead atoms. The summed E-state index contributed by atoms with van der Waals surface area (Å²) in [6.07, 6.45) is 8.26. The minimum atomic E-state index is -0.479. The molecule has 0 aliphatic carbocycles. The van der Waals surface area contributed by atoms with Crippen LogP contribution < -0.4 is 5.32 Å². The summed E-state index contributed by atoms with van der Waals surface area (Å²) in [5.74, 6) is -0.479. The van der Waals surface area contributed by atoms with Crippen molar-refractivity contribution in [1.82, 2.24) is 25.2 Å². The molecule has 0 aromatic carbocycles. The lowest BCUT2D eigenvalue weighted by Crippen LogP contribution is -2.19. The first kappa shape index (κ1) is 18.2. The summed E-state index contributed by atoms with van der Waals surface area (Å²) in [4.78, 5) is 13.5. The van der Waals surface area contributed by atoms with Gasteiger partial charge in [0.1, 0.15) is 0 Å². The third-order valence-electron chi connectivity index (χ3n) is 2.81. The van der Waals surface area contributed by atoms with Crippen LogP contribution in [0.5, 0.6) is 0 Å². The van der Waals surface area contributed by atoms with Gasteiger partial charge in [0.05, 0.1) is 31.1 Å². The van der Waals surface area contributed by atoms with Crippen LogP contribution >= 0.6 is 0 Å². The normalized spacial score (nSPS) is 11.3. The molecule has 0 saturated heterocycles. The molecule has 1 heterocycles. The van der Waals surface area contributed by atoms with Crippen LogP contribution in [0.4, 0.5) is 0 Å². The highest BCUT2D eigenvalue weighted by atomic mass is 16.5. The van der Waals surface area contributed by atoms with Gasteiger partial charge < -0.3 is 15.0 Å². The van der Waals surface area contributed by atoms with Crippen LogP contribution in [0.3, 0.4) is 0 Å². The van der Waals surface area contributed by atoms with E-state index in [1.165, 1.54) is 0 Å². The molecule has 8 nitrogen and oxygen atoms in total. The molecule has 124 valence electrons. The summed E-state index contributed by atoms with van der Waals surface area (Å²) < 4.78 is 6.45. The Balaban J connectivity index is 2.64. The predicted octanol–water partition coefficient (Wildman–Crippen LogP) is 1.26. The fraction of sp³-hybridized carbons (Fsp3) is 0.467. The number of carbonyl (C=O) groups is 1. The molecule has 1 aromatic rings. The standard InChI is InChI=1S/C15H22N6O2/c1-4-23-15(22)14-12-21(19-18-14)11-13(20(2)3)10-17-9-7-5-6-8-16/h7,9-10,12,17H,4-6,11H2,1-3H3/b9-7-,13-10-. The van der Waals surface area contributed by atoms with Crippen molar-refractivity contribution in [2.24, 2.45) is 0 Å². The molecular weight excluding hydrogens is 296 g/mol. The van der Waals surface area contributed by atoms with Gasteiger partial charge in [0, 0.05) is 26.7 Å². The van der Waals surface area contributed by atoms with Gasteiger partial charge in [-0.05, 0) is 19.5 Å². The summed E-state index contributed by atoms with van der Waals surface area (Å²) in [6, 6.07) is 2.08. The molecule has 0 atom stereocenters. The largest absolute Gasteiger partial charge is 0.461 e. The number of hydrogen-bond donors (Lipinski definition) is 1. The molecule has 0 unspecified atom stereocenters. The van der Waals surface area contributed by atoms with Crippen molar-refractivity contribution in [2.45, 2.75) is 26.3 Å². The molecule has 0 amide bonds. The Labute approximate surface area is 136 Å². The van der Waals surface area contributed by atoms with E-state index in [9.17, 15) is 4.79 Å². The second-order valence-corrected chi connectivity index (χ2v) is 4.82. The van der Waals surface area contributed by atoms with Gasteiger partial charge in [0.25, 0.3) is 0 Å². The van der Waals surface area contributed by atoms with E-state index in [1.54, 1.807) is 24.0 Å². The maximum absolute atomic E-state index is 11.6. The SMILES string of the molecule is CCOC(=O)c1cn(C/C(=C/N/C=C\CCC#N)N(C)C)nn1. The maximum Gasteiger partial charge on any atom is 0.360 e. The van der Waals surface area contributed by atoms with Crippen LogP contribution in [0.1, 0.15) is 30.3 Å². The van der Waals surface area contributed by atoms with Gasteiger partial charge in [-0.15, -0.1) is 5.10 Å². The number of rotatable bonds is 9. The van der Waals surface area contributed by atoms with Gasteiger partial charge in [0.2, 0.25) is 0 Å². The number of nitrogens with one attached hydrogen (secondary N) is 1. The van der Waals surface area contributed by atoms with E-state index in [4.69, 9.17) is 10.00 Å². The number of ether oxygens (including phenoxy) is 1. The van der Waals surface area contributed by atoms with E-state index in [-0.39, 0.29) is 5.69 Å². The quantitative estimate of drug-likeness (QED) is 0.541. The number of nitriles is 1. The molecule has 0 spiro atoms. The average molecular weight is 318 g/mol. The lowest BCUT2D eigenvalue weighted by Gasteiger charge is -2.16. The number of nitrogens with zero attached hydrogens (tertiary/aromatic N) is 5. The summed E-state index contributed by atoms with van der Waals surface area (Å²) >= 11 is 0. The van der Waals surface area contributed by atoms with E-state index in [0.29, 0.717) is 26.0 Å². The minimum Gasteiger partial charge on any atom is -0.461 e. The Morgan fingerprint density at radius 3 is 3.00 bits per heavy atom. The molecule has 0 radical (unpaired) electrons. The van der Waals surface area contributed by atoms with Gasteiger partial charge in [-0.1, -0.05) is 11.3 Å². The molecule has 8 heteroatoms. The van der Waals surface area contributed by atoms with Gasteiger partial charge in [-0.2, -0.15) is 5.26 Å². The number of aromatic nitrogens is 3. The molecular formula is C15H22N6O2. The number of esters is 1. The fourth-order valence-electron chi connectivity index (χ4n) is 1.60. The number of carbonyl (C=O) groups excluding carboxylic acids is 1. The topological polar surface area (TPSA) is 96.1 Å². The molecule has 1 aromatic heterocycles. The first-order valence-corrected chi connectivity index (χ1v) is 7.30. The third kappa shape index (κ3) is 6.65. The highest BCUT2D eigenvalue weighted by molar-refractivity contribution is 5.86. The molecule has 1 rings (SSSR count). The van der Waals surface area contributed by atoms with Crippen LogP contribution in [0, 0.1) is 11.3 Å². The lowest BCUT2D eigenvalue weighted by molar-refractivity contribution is 0.0519. The van der Waals surface area contributed by atoms with E-state index in [2.05, 4.69) is 21.7 Å². The molecule has 0 fully saturated rings. The van der Waals surface area contributed by atoms with Crippen molar-refractivity contribution in [1.29, 1.82) is 5.26 Å². The second kappa shape index (κ2) is 10.00. The Morgan fingerprint density at radius 1 is 1.57 bits per heavy atom. The predicted molar refractivity (Wildman–Crippen MR) is 84.9 cm³/mol. The zero-order valence-electron chi connectivity index (χ0n) is 13.7. The number of likely N-dealkylation sites (N-methyl/N-ethyl adjacent to an activating group) is 1. The number of unbranched alkanes of at least 4 members (excludes halogenated alkanes) is 1. The maximum atomic E-state index is 11.6. The van der Waals surface area contributed by atoms with Gasteiger partial charge >= 0.3 is 5.97 Å². The van der Waals surface area contributed by atoms with Crippen molar-refractivity contribution >= 4 is 5.97 Å². The highest BCUT2D eigenvalue weighted by Gasteiger charge is 2.12. The van der Waals surface area contributed by atoms with Gasteiger partial charge in [-0.25, -0.2) is 9.48 Å². The zero-order chi connectivity index (χ0) is 17.1. The smallest absolute Gasteiger partial charge is 0.360 e. The molecule has 0 aliphatic rings. The summed E-state index contributed by atoms with van der Waals surface area (Å²) in [5.41, 5.74) is 1.13. The Kier molecular flexibility index (Phi) is 7.92. The molecule has 0 saturated carbocycles. The summed E-state index contributed by atoms with van der Waals surface area (Å²) in [7, 11) is 3.83. The van der Waals surface area contributed by atoms with E-state index in [1.807, 2.05) is 31.3 Å². The fourth-order valence-corrected chi connectivity index (χ4v) is 1.60. The highest BCUT2D eigenvalue weighted by Crippen LogP contribution is 2.03. The average Bonchev–Trinajstić information content (AvgIpc) is 2.98. The van der Waals surface area contributed by atoms with E-state index >= 15 is 0 Å². The van der Waals surface area contributed by atoms with Crippen molar-refractivity contribution in [3.05, 3.63) is 36.1 Å². The minimum absolute atomic E-state index is 0.189. The Hall–Kier alpha value is -2.82. The number of hydrogen-bond acceptors (Lipinski definition) is 7. The van der Waals surface area contributed by atoms with Gasteiger partial charge in [-0.3, -0.25) is 0 Å². The number of allylic oxidation sites excluding steroid dienone is 2. The van der Waals surface area contributed by atoms with E-state index < -0.39 is 5.97 Å². The van der Waals surface area contributed by atoms with Crippen LogP contribution in [0.15, 0.2) is 30.4 Å². The molecule has 1 N–H and O–H groups in total. The van der Waals surface area contributed by atoms with Crippen LogP contribution in [-0.4, -0.2) is 46.6 Å². The summed E-state index contributed by atoms with van der Waals surface area (Å²) in [6.45, 7) is 2.50. The Bertz CT molecular complexity index is 597. The van der Waals surface area contributed by atoms with Crippen LogP contribution in [-0.2, 0) is 11.3 Å². The molecule has 0 aliphatic heterocycles.